The summed E-state index contributed by atoms with van der Waals surface area (Å²) in [7, 11) is 0. The number of rotatable bonds is 5. The second-order valence-corrected chi connectivity index (χ2v) is 4.23. The van der Waals surface area contributed by atoms with E-state index in [0.717, 1.165) is 19.4 Å². The number of hydrogen-bond acceptors (Lipinski definition) is 2. The molecule has 1 N–H and O–H groups in total. The third-order valence-electron chi connectivity index (χ3n) is 2.18. The normalized spacial score (nSPS) is 11.9. The summed E-state index contributed by atoms with van der Waals surface area (Å²) in [5, 5.41) is 5.57. The smallest absolute Gasteiger partial charge is 0.0578 e. The Kier molecular flexibility index (Phi) is 5.36. The van der Waals surface area contributed by atoms with Gasteiger partial charge in [0.2, 0.25) is 0 Å². The van der Waals surface area contributed by atoms with Crippen LogP contribution in [0.5, 0.6) is 0 Å². The zero-order valence-corrected chi connectivity index (χ0v) is 9.66. The van der Waals surface area contributed by atoms with E-state index in [1.54, 1.807) is 0 Å². The van der Waals surface area contributed by atoms with Crippen molar-refractivity contribution in [3.8, 4) is 11.8 Å². The molecule has 1 aromatic heterocycles. The summed E-state index contributed by atoms with van der Waals surface area (Å²) >= 11 is 1.83. The van der Waals surface area contributed by atoms with Crippen molar-refractivity contribution in [2.75, 3.05) is 6.54 Å². The second kappa shape index (κ2) is 6.64. The van der Waals surface area contributed by atoms with Gasteiger partial charge in [-0.1, -0.05) is 18.9 Å². The molecular weight excluding hydrogens is 190 g/mol. The lowest BCUT2D eigenvalue weighted by Gasteiger charge is -2.13. The van der Waals surface area contributed by atoms with Gasteiger partial charge in [0, 0.05) is 10.9 Å². The van der Waals surface area contributed by atoms with Crippen molar-refractivity contribution < 1.29 is 0 Å². The maximum Gasteiger partial charge on any atom is 0.0578 e. The quantitative estimate of drug-likeness (QED) is 0.732. The lowest BCUT2D eigenvalue weighted by molar-refractivity contribution is 0.528. The van der Waals surface area contributed by atoms with E-state index in [0.29, 0.717) is 6.04 Å². The Hall–Kier alpha value is -0.780. The third-order valence-corrected chi connectivity index (χ3v) is 3.08. The van der Waals surface area contributed by atoms with Crippen LogP contribution in [0.2, 0.25) is 0 Å². The SMILES string of the molecule is CC#CCNC(CC)Cc1cccs1. The molecule has 0 aliphatic rings. The van der Waals surface area contributed by atoms with Gasteiger partial charge in [-0.25, -0.2) is 0 Å². The fourth-order valence-electron chi connectivity index (χ4n) is 1.32. The predicted molar refractivity (Wildman–Crippen MR) is 63.6 cm³/mol. The summed E-state index contributed by atoms with van der Waals surface area (Å²) in [6.45, 7) is 4.90. The Bertz CT molecular complexity index is 292. The number of hydrogen-bond donors (Lipinski definition) is 1. The van der Waals surface area contributed by atoms with Crippen LogP contribution in [-0.2, 0) is 6.42 Å². The zero-order chi connectivity index (χ0) is 10.2. The highest BCUT2D eigenvalue weighted by molar-refractivity contribution is 7.09. The average Bonchev–Trinajstić information content (AvgIpc) is 2.69. The van der Waals surface area contributed by atoms with E-state index in [1.165, 1.54) is 4.88 Å². The molecule has 0 aromatic carbocycles. The van der Waals surface area contributed by atoms with Crippen LogP contribution in [-0.4, -0.2) is 12.6 Å². The van der Waals surface area contributed by atoms with Crippen molar-refractivity contribution in [2.24, 2.45) is 0 Å². The van der Waals surface area contributed by atoms with Gasteiger partial charge in [0.15, 0.2) is 0 Å². The molecule has 1 heterocycles. The van der Waals surface area contributed by atoms with Crippen LogP contribution in [0.4, 0.5) is 0 Å². The summed E-state index contributed by atoms with van der Waals surface area (Å²) in [5.74, 6) is 5.93. The predicted octanol–water partition coefficient (Wildman–Crippen LogP) is 2.68. The summed E-state index contributed by atoms with van der Waals surface area (Å²) in [6, 6.07) is 4.87. The molecule has 0 bridgehead atoms. The van der Waals surface area contributed by atoms with Gasteiger partial charge < -0.3 is 5.32 Å². The van der Waals surface area contributed by atoms with E-state index in [2.05, 4.69) is 41.6 Å². The molecule has 76 valence electrons. The van der Waals surface area contributed by atoms with E-state index >= 15 is 0 Å². The number of nitrogens with one attached hydrogen (secondary N) is 1. The van der Waals surface area contributed by atoms with Crippen LogP contribution in [0.1, 0.15) is 25.1 Å². The van der Waals surface area contributed by atoms with Gasteiger partial charge >= 0.3 is 0 Å². The number of thiophene rings is 1. The second-order valence-electron chi connectivity index (χ2n) is 3.20. The molecule has 1 rings (SSSR count). The molecule has 0 fully saturated rings. The van der Waals surface area contributed by atoms with Gasteiger partial charge in [0.05, 0.1) is 6.54 Å². The minimum absolute atomic E-state index is 0.564. The van der Waals surface area contributed by atoms with E-state index in [9.17, 15) is 0 Å². The van der Waals surface area contributed by atoms with Crippen molar-refractivity contribution in [1.82, 2.24) is 5.32 Å². The van der Waals surface area contributed by atoms with Gasteiger partial charge in [-0.15, -0.1) is 17.3 Å². The molecule has 0 aliphatic carbocycles. The first kappa shape index (κ1) is 11.3. The summed E-state index contributed by atoms with van der Waals surface area (Å²) < 4.78 is 0. The Labute approximate surface area is 90.5 Å². The molecule has 0 aliphatic heterocycles. The summed E-state index contributed by atoms with van der Waals surface area (Å²) in [5.41, 5.74) is 0. The van der Waals surface area contributed by atoms with Gasteiger partial charge in [0.25, 0.3) is 0 Å². The highest BCUT2D eigenvalue weighted by atomic mass is 32.1. The van der Waals surface area contributed by atoms with Crippen molar-refractivity contribution in [2.45, 2.75) is 32.7 Å². The summed E-state index contributed by atoms with van der Waals surface area (Å²) in [6.07, 6.45) is 2.28. The van der Waals surface area contributed by atoms with Crippen LogP contribution < -0.4 is 5.32 Å². The van der Waals surface area contributed by atoms with E-state index in [1.807, 2.05) is 18.3 Å². The fraction of sp³-hybridized carbons (Fsp3) is 0.500. The molecule has 2 heteroatoms. The Morgan fingerprint density at radius 2 is 2.43 bits per heavy atom. The molecule has 0 saturated heterocycles. The average molecular weight is 207 g/mol. The molecule has 0 amide bonds. The van der Waals surface area contributed by atoms with Gasteiger partial charge in [-0.2, -0.15) is 0 Å². The first-order chi connectivity index (χ1) is 6.86. The van der Waals surface area contributed by atoms with E-state index in [4.69, 9.17) is 0 Å². The minimum atomic E-state index is 0.564. The van der Waals surface area contributed by atoms with Crippen LogP contribution in [0, 0.1) is 11.8 Å². The van der Waals surface area contributed by atoms with Crippen molar-refractivity contribution in [3.05, 3.63) is 22.4 Å². The maximum atomic E-state index is 3.44. The zero-order valence-electron chi connectivity index (χ0n) is 8.84. The van der Waals surface area contributed by atoms with Gasteiger partial charge in [0.1, 0.15) is 0 Å². The standard InChI is InChI=1S/C12H17NS/c1-3-5-8-13-11(4-2)10-12-7-6-9-14-12/h6-7,9,11,13H,4,8,10H2,1-2H3. The first-order valence-corrected chi connectivity index (χ1v) is 5.90. The molecule has 1 atom stereocenters. The third kappa shape index (κ3) is 3.95. The first-order valence-electron chi connectivity index (χ1n) is 5.02. The molecule has 0 saturated carbocycles. The van der Waals surface area contributed by atoms with Crippen LogP contribution in [0.15, 0.2) is 17.5 Å². The highest BCUT2D eigenvalue weighted by Gasteiger charge is 2.05. The Morgan fingerprint density at radius 1 is 1.57 bits per heavy atom. The van der Waals surface area contributed by atoms with E-state index < -0.39 is 0 Å². The lowest BCUT2D eigenvalue weighted by Crippen LogP contribution is -2.30. The molecule has 0 spiro atoms. The van der Waals surface area contributed by atoms with Gasteiger partial charge in [-0.05, 0) is 31.2 Å². The molecule has 0 radical (unpaired) electrons. The summed E-state index contributed by atoms with van der Waals surface area (Å²) in [4.78, 5) is 1.45. The Morgan fingerprint density at radius 3 is 3.00 bits per heavy atom. The molecule has 14 heavy (non-hydrogen) atoms. The fourth-order valence-corrected chi connectivity index (χ4v) is 2.10. The van der Waals surface area contributed by atoms with E-state index in [-0.39, 0.29) is 0 Å². The van der Waals surface area contributed by atoms with Crippen LogP contribution in [0.3, 0.4) is 0 Å². The highest BCUT2D eigenvalue weighted by Crippen LogP contribution is 2.12. The van der Waals surface area contributed by atoms with Gasteiger partial charge in [-0.3, -0.25) is 0 Å². The Balaban J connectivity index is 2.34. The molecular formula is C12H17NS. The topological polar surface area (TPSA) is 12.0 Å². The maximum absolute atomic E-state index is 3.44. The lowest BCUT2D eigenvalue weighted by atomic mass is 10.1. The van der Waals surface area contributed by atoms with Crippen LogP contribution >= 0.6 is 11.3 Å². The largest absolute Gasteiger partial charge is 0.303 e. The monoisotopic (exact) mass is 207 g/mol. The minimum Gasteiger partial charge on any atom is -0.303 e. The molecule has 1 unspecified atom stereocenters. The molecule has 1 nitrogen and oxygen atoms in total. The van der Waals surface area contributed by atoms with Crippen molar-refractivity contribution >= 4 is 11.3 Å². The van der Waals surface area contributed by atoms with Crippen molar-refractivity contribution in [3.63, 3.8) is 0 Å². The van der Waals surface area contributed by atoms with Crippen LogP contribution in [0.25, 0.3) is 0 Å². The molecule has 1 aromatic rings. The van der Waals surface area contributed by atoms with Crippen molar-refractivity contribution in [1.29, 1.82) is 0 Å².